The minimum Gasteiger partial charge on any atom is -0.349 e. The topological polar surface area (TPSA) is 42.0 Å². The fraction of sp³-hybridized carbons (Fsp3) is 0.200. The lowest BCUT2D eigenvalue weighted by Crippen LogP contribution is -2.28. The maximum absolute atomic E-state index is 12.1. The Morgan fingerprint density at radius 2 is 1.95 bits per heavy atom. The summed E-state index contributed by atoms with van der Waals surface area (Å²) in [6.07, 6.45) is 3.58. The Kier molecular flexibility index (Phi) is 4.99. The second kappa shape index (κ2) is 6.73. The Morgan fingerprint density at radius 1 is 1.25 bits per heavy atom. The van der Waals surface area contributed by atoms with Gasteiger partial charge in [0.1, 0.15) is 0 Å². The monoisotopic (exact) mass is 308 g/mol. The molecule has 1 aromatic heterocycles. The summed E-state index contributed by atoms with van der Waals surface area (Å²) in [7, 11) is 0. The second-order valence-electron chi connectivity index (χ2n) is 4.45. The molecule has 0 aliphatic heterocycles. The Morgan fingerprint density at radius 3 is 2.55 bits per heavy atom. The van der Waals surface area contributed by atoms with Crippen LogP contribution in [-0.4, -0.2) is 10.9 Å². The number of benzene rings is 1. The first-order valence-corrected chi connectivity index (χ1v) is 6.95. The molecule has 3 nitrogen and oxygen atoms in total. The molecule has 0 fully saturated rings. The number of hydrogen-bond donors (Lipinski definition) is 1. The van der Waals surface area contributed by atoms with E-state index in [1.807, 2.05) is 19.1 Å². The molecule has 0 aliphatic carbocycles. The standard InChI is InChI=1S/C15H14Cl2N2O/c1-10(11-4-3-7-18-9-11)19-15(20)8-12-13(16)5-2-6-14(12)17/h2-7,9-10H,8H2,1H3,(H,19,20). The van der Waals surface area contributed by atoms with Gasteiger partial charge in [0.05, 0.1) is 12.5 Å². The fourth-order valence-corrected chi connectivity index (χ4v) is 2.40. The zero-order valence-corrected chi connectivity index (χ0v) is 12.4. The van der Waals surface area contributed by atoms with Gasteiger partial charge in [-0.2, -0.15) is 0 Å². The normalized spacial score (nSPS) is 11.9. The highest BCUT2D eigenvalue weighted by molar-refractivity contribution is 6.36. The summed E-state index contributed by atoms with van der Waals surface area (Å²) >= 11 is 12.1. The van der Waals surface area contributed by atoms with Gasteiger partial charge in [0.15, 0.2) is 0 Å². The zero-order valence-electron chi connectivity index (χ0n) is 10.9. The van der Waals surface area contributed by atoms with E-state index >= 15 is 0 Å². The highest BCUT2D eigenvalue weighted by atomic mass is 35.5. The minimum absolute atomic E-state index is 0.113. The molecule has 1 aromatic carbocycles. The highest BCUT2D eigenvalue weighted by Gasteiger charge is 2.13. The molecule has 0 aliphatic rings. The van der Waals surface area contributed by atoms with Crippen molar-refractivity contribution in [2.75, 3.05) is 0 Å². The van der Waals surface area contributed by atoms with Crippen LogP contribution in [0.2, 0.25) is 10.0 Å². The highest BCUT2D eigenvalue weighted by Crippen LogP contribution is 2.24. The molecule has 1 amide bonds. The van der Waals surface area contributed by atoms with Gasteiger partial charge in [-0.1, -0.05) is 35.3 Å². The Labute approximate surface area is 127 Å². The van der Waals surface area contributed by atoms with Crippen LogP contribution >= 0.6 is 23.2 Å². The van der Waals surface area contributed by atoms with E-state index in [1.54, 1.807) is 30.6 Å². The summed E-state index contributed by atoms with van der Waals surface area (Å²) < 4.78 is 0. The predicted octanol–water partition coefficient (Wildman–Crippen LogP) is 3.81. The van der Waals surface area contributed by atoms with Crippen LogP contribution in [0.5, 0.6) is 0 Å². The molecule has 1 atom stereocenters. The summed E-state index contributed by atoms with van der Waals surface area (Å²) in [5, 5.41) is 3.91. The first-order chi connectivity index (χ1) is 9.58. The molecular formula is C15H14Cl2N2O. The number of carbonyl (C=O) groups is 1. The molecule has 0 radical (unpaired) electrons. The summed E-state index contributed by atoms with van der Waals surface area (Å²) in [5.41, 5.74) is 1.60. The molecule has 1 unspecified atom stereocenters. The Balaban J connectivity index is 2.03. The van der Waals surface area contributed by atoms with E-state index in [-0.39, 0.29) is 18.4 Å². The van der Waals surface area contributed by atoms with Crippen LogP contribution in [0.1, 0.15) is 24.1 Å². The number of aromatic nitrogens is 1. The van der Waals surface area contributed by atoms with Crippen molar-refractivity contribution in [3.8, 4) is 0 Å². The van der Waals surface area contributed by atoms with Crippen molar-refractivity contribution < 1.29 is 4.79 Å². The number of halogens is 2. The minimum atomic E-state index is -0.128. The molecule has 2 rings (SSSR count). The molecular weight excluding hydrogens is 295 g/mol. The molecule has 5 heteroatoms. The summed E-state index contributed by atoms with van der Waals surface area (Å²) in [6, 6.07) is 8.84. The molecule has 0 bridgehead atoms. The van der Waals surface area contributed by atoms with Crippen molar-refractivity contribution in [1.82, 2.24) is 10.3 Å². The number of nitrogens with one attached hydrogen (secondary N) is 1. The molecule has 1 heterocycles. The molecule has 2 aromatic rings. The summed E-state index contributed by atoms with van der Waals surface area (Å²) in [6.45, 7) is 1.91. The summed E-state index contributed by atoms with van der Waals surface area (Å²) in [4.78, 5) is 16.1. The van der Waals surface area contributed by atoms with Crippen LogP contribution in [0.25, 0.3) is 0 Å². The third kappa shape index (κ3) is 3.71. The molecule has 0 saturated carbocycles. The molecule has 0 saturated heterocycles. The third-order valence-corrected chi connectivity index (χ3v) is 3.67. The van der Waals surface area contributed by atoms with Crippen LogP contribution in [0, 0.1) is 0 Å². The van der Waals surface area contributed by atoms with Crippen molar-refractivity contribution in [3.63, 3.8) is 0 Å². The number of carbonyl (C=O) groups excluding carboxylic acids is 1. The van der Waals surface area contributed by atoms with Crippen LogP contribution in [-0.2, 0) is 11.2 Å². The lowest BCUT2D eigenvalue weighted by molar-refractivity contribution is -0.121. The van der Waals surface area contributed by atoms with Crippen LogP contribution in [0.4, 0.5) is 0 Å². The van der Waals surface area contributed by atoms with Gasteiger partial charge in [0, 0.05) is 22.4 Å². The van der Waals surface area contributed by atoms with Gasteiger partial charge < -0.3 is 5.32 Å². The molecule has 0 spiro atoms. The van der Waals surface area contributed by atoms with E-state index in [0.29, 0.717) is 15.6 Å². The van der Waals surface area contributed by atoms with Gasteiger partial charge in [-0.3, -0.25) is 9.78 Å². The fourth-order valence-electron chi connectivity index (χ4n) is 1.87. The van der Waals surface area contributed by atoms with E-state index in [9.17, 15) is 4.79 Å². The second-order valence-corrected chi connectivity index (χ2v) is 5.27. The smallest absolute Gasteiger partial charge is 0.225 e. The Hall–Kier alpha value is -1.58. The number of nitrogens with zero attached hydrogens (tertiary/aromatic N) is 1. The number of amides is 1. The van der Waals surface area contributed by atoms with Crippen LogP contribution in [0.3, 0.4) is 0 Å². The van der Waals surface area contributed by atoms with Gasteiger partial charge in [-0.25, -0.2) is 0 Å². The first kappa shape index (κ1) is 14.8. The van der Waals surface area contributed by atoms with E-state index in [2.05, 4.69) is 10.3 Å². The summed E-state index contributed by atoms with van der Waals surface area (Å²) in [5.74, 6) is -0.128. The van der Waals surface area contributed by atoms with Crippen LogP contribution < -0.4 is 5.32 Å². The zero-order chi connectivity index (χ0) is 14.5. The van der Waals surface area contributed by atoms with Crippen molar-refractivity contribution in [2.24, 2.45) is 0 Å². The van der Waals surface area contributed by atoms with E-state index < -0.39 is 0 Å². The largest absolute Gasteiger partial charge is 0.349 e. The number of hydrogen-bond acceptors (Lipinski definition) is 2. The van der Waals surface area contributed by atoms with Crippen molar-refractivity contribution in [3.05, 3.63) is 63.9 Å². The quantitative estimate of drug-likeness (QED) is 0.933. The van der Waals surface area contributed by atoms with Gasteiger partial charge in [-0.05, 0) is 36.2 Å². The van der Waals surface area contributed by atoms with Gasteiger partial charge in [0.25, 0.3) is 0 Å². The number of rotatable bonds is 4. The van der Waals surface area contributed by atoms with Gasteiger partial charge in [-0.15, -0.1) is 0 Å². The van der Waals surface area contributed by atoms with Crippen LogP contribution in [0.15, 0.2) is 42.7 Å². The number of pyridine rings is 1. The average molecular weight is 309 g/mol. The predicted molar refractivity (Wildman–Crippen MR) is 81.0 cm³/mol. The van der Waals surface area contributed by atoms with E-state index in [4.69, 9.17) is 23.2 Å². The van der Waals surface area contributed by atoms with Crippen molar-refractivity contribution >= 4 is 29.1 Å². The first-order valence-electron chi connectivity index (χ1n) is 6.20. The SMILES string of the molecule is CC(NC(=O)Cc1c(Cl)cccc1Cl)c1cccnc1. The average Bonchev–Trinajstić information content (AvgIpc) is 2.44. The molecule has 1 N–H and O–H groups in total. The lowest BCUT2D eigenvalue weighted by atomic mass is 10.1. The molecule has 104 valence electrons. The molecule has 20 heavy (non-hydrogen) atoms. The third-order valence-electron chi connectivity index (χ3n) is 2.96. The maximum atomic E-state index is 12.1. The lowest BCUT2D eigenvalue weighted by Gasteiger charge is -2.14. The maximum Gasteiger partial charge on any atom is 0.225 e. The van der Waals surface area contributed by atoms with E-state index in [1.165, 1.54) is 0 Å². The van der Waals surface area contributed by atoms with Gasteiger partial charge in [0.2, 0.25) is 5.91 Å². The van der Waals surface area contributed by atoms with Crippen molar-refractivity contribution in [1.29, 1.82) is 0 Å². The van der Waals surface area contributed by atoms with Crippen molar-refractivity contribution in [2.45, 2.75) is 19.4 Å². The Bertz CT molecular complexity index is 582. The van der Waals surface area contributed by atoms with E-state index in [0.717, 1.165) is 5.56 Å². The van der Waals surface area contributed by atoms with Gasteiger partial charge >= 0.3 is 0 Å².